The molecule has 0 N–H and O–H groups in total. The Morgan fingerprint density at radius 3 is 1.33 bits per heavy atom. The van der Waals surface area contributed by atoms with Crippen molar-refractivity contribution in [2.24, 2.45) is 0 Å². The van der Waals surface area contributed by atoms with Crippen LogP contribution in [-0.4, -0.2) is 25.2 Å². The van der Waals surface area contributed by atoms with Gasteiger partial charge in [0.2, 0.25) is 0 Å². The molecule has 0 aromatic rings. The average molecular weight is 385 g/mol. The molecule has 96 valence electrons. The van der Waals surface area contributed by atoms with Crippen molar-refractivity contribution < 1.29 is 50.5 Å². The Morgan fingerprint density at radius 1 is 0.667 bits per heavy atom. The first-order valence-electron chi connectivity index (χ1n) is 5.30. The van der Waals surface area contributed by atoms with Gasteiger partial charge in [0.15, 0.2) is 0 Å². The molecular formula is C10H18Br2N2Ni-4. The van der Waals surface area contributed by atoms with Crippen LogP contribution in [0.1, 0.15) is 38.5 Å². The summed E-state index contributed by atoms with van der Waals surface area (Å²) in [5.41, 5.74) is 0. The standard InChI is InChI=1S/C10H18N2.2BrH.Ni/c1-3-7-11-9(5-1)10-6-2-4-8-12-10;;;/h9-10H,1-8H2;2*1H;/q-2;;;/p-2. The van der Waals surface area contributed by atoms with Gasteiger partial charge in [-0.05, 0) is 0 Å². The zero-order valence-electron chi connectivity index (χ0n) is 8.78. The fraction of sp³-hybridized carbons (Fsp3) is 1.00. The second-order valence-corrected chi connectivity index (χ2v) is 3.94. The van der Waals surface area contributed by atoms with Crippen molar-refractivity contribution in [1.29, 1.82) is 0 Å². The van der Waals surface area contributed by atoms with Gasteiger partial charge in [-0.15, -0.1) is 13.1 Å². The molecule has 0 radical (unpaired) electrons. The van der Waals surface area contributed by atoms with E-state index in [1.807, 2.05) is 0 Å². The van der Waals surface area contributed by atoms with Crippen LogP contribution in [0.3, 0.4) is 0 Å². The molecule has 0 amide bonds. The molecule has 2 nitrogen and oxygen atoms in total. The molecule has 2 unspecified atom stereocenters. The average Bonchev–Trinajstić information content (AvgIpc) is 2.21. The summed E-state index contributed by atoms with van der Waals surface area (Å²) >= 11 is 0. The molecule has 2 atom stereocenters. The van der Waals surface area contributed by atoms with E-state index in [-0.39, 0.29) is 50.5 Å². The molecule has 0 bridgehead atoms. The smallest absolute Gasteiger partial charge is 0 e. The number of halogens is 2. The summed E-state index contributed by atoms with van der Waals surface area (Å²) in [4.78, 5) is 0. The molecule has 0 aliphatic carbocycles. The first kappa shape index (κ1) is 18.7. The minimum Gasteiger partial charge on any atom is -1.00 e. The van der Waals surface area contributed by atoms with E-state index in [0.29, 0.717) is 12.1 Å². The van der Waals surface area contributed by atoms with Gasteiger partial charge in [0, 0.05) is 16.5 Å². The summed E-state index contributed by atoms with van der Waals surface area (Å²) in [6.45, 7) is 2.19. The predicted molar refractivity (Wildman–Crippen MR) is 51.7 cm³/mol. The van der Waals surface area contributed by atoms with Crippen molar-refractivity contribution in [2.75, 3.05) is 13.1 Å². The summed E-state index contributed by atoms with van der Waals surface area (Å²) in [5, 5.41) is 9.32. The Bertz CT molecular complexity index is 121. The monoisotopic (exact) mass is 382 g/mol. The van der Waals surface area contributed by atoms with Gasteiger partial charge >= 0.3 is 0 Å². The van der Waals surface area contributed by atoms with Crippen molar-refractivity contribution in [1.82, 2.24) is 0 Å². The van der Waals surface area contributed by atoms with Crippen LogP contribution in [0.4, 0.5) is 0 Å². The molecule has 2 aliphatic heterocycles. The maximum Gasteiger partial charge on any atom is 0 e. The largest absolute Gasteiger partial charge is 1.00 e. The van der Waals surface area contributed by atoms with Crippen molar-refractivity contribution in [3.63, 3.8) is 0 Å². The third kappa shape index (κ3) is 6.02. The Kier molecular flexibility index (Phi) is 13.1. The number of nitrogens with zero attached hydrogens (tertiary/aromatic N) is 2. The van der Waals surface area contributed by atoms with E-state index >= 15 is 0 Å². The Balaban J connectivity index is 0. The number of rotatable bonds is 1. The zero-order chi connectivity index (χ0) is 8.23. The molecule has 2 aliphatic rings. The zero-order valence-corrected chi connectivity index (χ0v) is 12.9. The molecule has 2 rings (SSSR count). The third-order valence-electron chi connectivity index (χ3n) is 2.99. The second kappa shape index (κ2) is 10.5. The number of piperidine rings is 2. The predicted octanol–water partition coefficient (Wildman–Crippen LogP) is -3.16. The van der Waals surface area contributed by atoms with Crippen LogP contribution in [0.25, 0.3) is 10.6 Å². The first-order chi connectivity index (χ1) is 5.97. The Labute approximate surface area is 124 Å². The van der Waals surface area contributed by atoms with Gasteiger partial charge < -0.3 is 44.6 Å². The SMILES string of the molecule is C1CCC(C2CCCC[N-]2)[N-]C1.[Br-].[Br-].[Ni]. The Hall–Kier alpha value is 1.37. The molecule has 0 saturated carbocycles. The maximum absolute atomic E-state index is 4.66. The molecule has 5 heteroatoms. The summed E-state index contributed by atoms with van der Waals surface area (Å²) in [6.07, 6.45) is 7.97. The fourth-order valence-corrected chi connectivity index (χ4v) is 2.26. The summed E-state index contributed by atoms with van der Waals surface area (Å²) < 4.78 is 0. The molecule has 2 saturated heterocycles. The normalized spacial score (nSPS) is 30.4. The van der Waals surface area contributed by atoms with Crippen LogP contribution in [0.15, 0.2) is 0 Å². The van der Waals surface area contributed by atoms with Crippen LogP contribution in [0.5, 0.6) is 0 Å². The van der Waals surface area contributed by atoms with E-state index in [2.05, 4.69) is 10.6 Å². The molecule has 0 spiro atoms. The molecule has 2 heterocycles. The van der Waals surface area contributed by atoms with Crippen molar-refractivity contribution in [3.8, 4) is 0 Å². The van der Waals surface area contributed by atoms with Crippen molar-refractivity contribution in [3.05, 3.63) is 10.6 Å². The minimum absolute atomic E-state index is 0. The summed E-state index contributed by atoms with van der Waals surface area (Å²) in [6, 6.07) is 1.19. The van der Waals surface area contributed by atoms with Gasteiger partial charge in [0.25, 0.3) is 0 Å². The van der Waals surface area contributed by atoms with Crippen LogP contribution < -0.4 is 34.0 Å². The number of hydrogen-bond acceptors (Lipinski definition) is 0. The van der Waals surface area contributed by atoms with Crippen LogP contribution in [0, 0.1) is 0 Å². The third-order valence-corrected chi connectivity index (χ3v) is 2.99. The summed E-state index contributed by atoms with van der Waals surface area (Å²) in [5.74, 6) is 0. The topological polar surface area (TPSA) is 28.2 Å². The van der Waals surface area contributed by atoms with Crippen LogP contribution in [-0.2, 0) is 16.5 Å². The van der Waals surface area contributed by atoms with E-state index in [1.165, 1.54) is 38.5 Å². The summed E-state index contributed by atoms with van der Waals surface area (Å²) in [7, 11) is 0. The quantitative estimate of drug-likeness (QED) is 0.427. The molecule has 0 aromatic carbocycles. The van der Waals surface area contributed by atoms with Gasteiger partial charge in [-0.1, -0.05) is 38.5 Å². The van der Waals surface area contributed by atoms with Crippen LogP contribution in [0.2, 0.25) is 0 Å². The Morgan fingerprint density at radius 2 is 1.07 bits per heavy atom. The fourth-order valence-electron chi connectivity index (χ4n) is 2.26. The van der Waals surface area contributed by atoms with Crippen LogP contribution >= 0.6 is 0 Å². The van der Waals surface area contributed by atoms with E-state index in [1.54, 1.807) is 0 Å². The number of hydrogen-bond donors (Lipinski definition) is 0. The van der Waals surface area contributed by atoms with E-state index in [4.69, 9.17) is 0 Å². The first-order valence-corrected chi connectivity index (χ1v) is 5.30. The molecule has 2 fully saturated rings. The maximum atomic E-state index is 4.66. The van der Waals surface area contributed by atoms with E-state index < -0.39 is 0 Å². The van der Waals surface area contributed by atoms with E-state index in [9.17, 15) is 0 Å². The molecular weight excluding hydrogens is 367 g/mol. The molecule has 15 heavy (non-hydrogen) atoms. The van der Waals surface area contributed by atoms with Gasteiger partial charge in [0.05, 0.1) is 0 Å². The van der Waals surface area contributed by atoms with Gasteiger partial charge in [0.1, 0.15) is 0 Å². The van der Waals surface area contributed by atoms with Gasteiger partial charge in [-0.2, -0.15) is 12.1 Å². The van der Waals surface area contributed by atoms with Crippen molar-refractivity contribution >= 4 is 0 Å². The van der Waals surface area contributed by atoms with Gasteiger partial charge in [-0.25, -0.2) is 0 Å². The molecule has 0 aromatic heterocycles. The van der Waals surface area contributed by atoms with Gasteiger partial charge in [-0.3, -0.25) is 0 Å². The second-order valence-electron chi connectivity index (χ2n) is 3.94. The van der Waals surface area contributed by atoms with E-state index in [0.717, 1.165) is 13.1 Å². The van der Waals surface area contributed by atoms with Crippen molar-refractivity contribution in [2.45, 2.75) is 50.6 Å². The minimum atomic E-state index is 0.